The maximum absolute atomic E-state index is 10.5. The van der Waals surface area contributed by atoms with Crippen LogP contribution in [0, 0.1) is 0 Å². The van der Waals surface area contributed by atoms with E-state index in [9.17, 15) is 5.11 Å². The van der Waals surface area contributed by atoms with Crippen molar-refractivity contribution < 1.29 is 5.11 Å². The van der Waals surface area contributed by atoms with E-state index in [1.54, 1.807) is 0 Å². The molecule has 0 saturated carbocycles. The molecule has 1 N–H and O–H groups in total. The lowest BCUT2D eigenvalue weighted by Gasteiger charge is -2.14. The van der Waals surface area contributed by atoms with Crippen molar-refractivity contribution in [1.82, 2.24) is 4.98 Å². The maximum atomic E-state index is 10.5. The quantitative estimate of drug-likeness (QED) is 0.800. The van der Waals surface area contributed by atoms with Crippen LogP contribution in [-0.2, 0) is 0 Å². The van der Waals surface area contributed by atoms with Gasteiger partial charge in [-0.25, -0.2) is 4.98 Å². The van der Waals surface area contributed by atoms with E-state index in [4.69, 9.17) is 0 Å². The van der Waals surface area contributed by atoms with Crippen LogP contribution in [0.15, 0.2) is 48.5 Å². The third kappa shape index (κ3) is 2.40. The van der Waals surface area contributed by atoms with Crippen molar-refractivity contribution in [3.63, 3.8) is 0 Å². The number of para-hydroxylation sites is 1. The first-order chi connectivity index (χ1) is 9.65. The van der Waals surface area contributed by atoms with Gasteiger partial charge in [0.1, 0.15) is 11.1 Å². The standard InChI is InChI=1S/C16H16N2OS/c1-18(2)12-9-7-11(8-10-12)15(19)16-17-13-5-3-4-6-14(13)20-16/h3-10,15,19H,1-2H3/t15-/m1/s1. The average molecular weight is 284 g/mol. The molecule has 1 aromatic heterocycles. The summed E-state index contributed by atoms with van der Waals surface area (Å²) >= 11 is 1.54. The molecule has 0 saturated heterocycles. The highest BCUT2D eigenvalue weighted by Gasteiger charge is 2.15. The van der Waals surface area contributed by atoms with Crippen molar-refractivity contribution in [2.45, 2.75) is 6.10 Å². The molecule has 1 heterocycles. The number of benzene rings is 2. The molecule has 0 bridgehead atoms. The third-order valence-electron chi connectivity index (χ3n) is 3.27. The van der Waals surface area contributed by atoms with Gasteiger partial charge in [-0.05, 0) is 29.8 Å². The Morgan fingerprint density at radius 2 is 1.75 bits per heavy atom. The van der Waals surface area contributed by atoms with Crippen LogP contribution in [0.1, 0.15) is 16.7 Å². The number of fused-ring (bicyclic) bond motifs is 1. The second kappa shape index (κ2) is 5.23. The fraction of sp³-hybridized carbons (Fsp3) is 0.188. The number of thiazole rings is 1. The highest BCUT2D eigenvalue weighted by atomic mass is 32.1. The molecule has 0 unspecified atom stereocenters. The summed E-state index contributed by atoms with van der Waals surface area (Å²) in [5, 5.41) is 11.2. The van der Waals surface area contributed by atoms with Crippen molar-refractivity contribution in [3.8, 4) is 0 Å². The normalized spacial score (nSPS) is 12.6. The van der Waals surface area contributed by atoms with Crippen LogP contribution in [0.2, 0.25) is 0 Å². The number of rotatable bonds is 3. The number of nitrogens with zero attached hydrogens (tertiary/aromatic N) is 2. The number of hydrogen-bond acceptors (Lipinski definition) is 4. The Labute approximate surface area is 122 Å². The van der Waals surface area contributed by atoms with Gasteiger partial charge in [-0.15, -0.1) is 11.3 Å². The molecule has 20 heavy (non-hydrogen) atoms. The summed E-state index contributed by atoms with van der Waals surface area (Å²) in [6, 6.07) is 15.9. The molecule has 102 valence electrons. The molecule has 0 radical (unpaired) electrons. The van der Waals surface area contributed by atoms with E-state index in [1.165, 1.54) is 11.3 Å². The van der Waals surface area contributed by atoms with E-state index in [-0.39, 0.29) is 0 Å². The zero-order chi connectivity index (χ0) is 14.1. The number of aromatic nitrogens is 1. The zero-order valence-electron chi connectivity index (χ0n) is 11.4. The lowest BCUT2D eigenvalue weighted by molar-refractivity contribution is 0.220. The first kappa shape index (κ1) is 13.1. The summed E-state index contributed by atoms with van der Waals surface area (Å²) in [6.45, 7) is 0. The Morgan fingerprint density at radius 1 is 1.05 bits per heavy atom. The highest BCUT2D eigenvalue weighted by molar-refractivity contribution is 7.18. The van der Waals surface area contributed by atoms with E-state index in [0.717, 1.165) is 26.5 Å². The van der Waals surface area contributed by atoms with Crippen LogP contribution in [0.3, 0.4) is 0 Å². The Bertz CT molecular complexity index is 686. The Hall–Kier alpha value is -1.91. The van der Waals surface area contributed by atoms with Gasteiger partial charge in [-0.3, -0.25) is 0 Å². The summed E-state index contributed by atoms with van der Waals surface area (Å²) in [4.78, 5) is 6.54. The van der Waals surface area contributed by atoms with E-state index in [0.29, 0.717) is 0 Å². The molecule has 0 aliphatic carbocycles. The van der Waals surface area contributed by atoms with Crippen LogP contribution >= 0.6 is 11.3 Å². The van der Waals surface area contributed by atoms with Crippen LogP contribution in [0.5, 0.6) is 0 Å². The third-order valence-corrected chi connectivity index (χ3v) is 4.36. The van der Waals surface area contributed by atoms with Gasteiger partial charge in [0.05, 0.1) is 10.2 Å². The fourth-order valence-electron chi connectivity index (χ4n) is 2.10. The highest BCUT2D eigenvalue weighted by Crippen LogP contribution is 2.30. The minimum atomic E-state index is -0.663. The minimum absolute atomic E-state index is 0.663. The predicted molar refractivity (Wildman–Crippen MR) is 84.5 cm³/mol. The van der Waals surface area contributed by atoms with E-state index in [1.807, 2.05) is 67.5 Å². The van der Waals surface area contributed by atoms with Crippen molar-refractivity contribution in [3.05, 3.63) is 59.1 Å². The Balaban J connectivity index is 1.93. The van der Waals surface area contributed by atoms with Crippen molar-refractivity contribution in [2.24, 2.45) is 0 Å². The van der Waals surface area contributed by atoms with Gasteiger partial charge in [0.15, 0.2) is 0 Å². The molecule has 1 atom stereocenters. The molecule has 0 aliphatic rings. The monoisotopic (exact) mass is 284 g/mol. The van der Waals surface area contributed by atoms with E-state index < -0.39 is 6.10 Å². The van der Waals surface area contributed by atoms with Crippen LogP contribution < -0.4 is 4.90 Å². The number of aliphatic hydroxyl groups is 1. The Morgan fingerprint density at radius 3 is 2.40 bits per heavy atom. The number of hydrogen-bond donors (Lipinski definition) is 1. The first-order valence-corrected chi connectivity index (χ1v) is 7.27. The van der Waals surface area contributed by atoms with Gasteiger partial charge in [0, 0.05) is 19.8 Å². The van der Waals surface area contributed by atoms with Gasteiger partial charge in [-0.1, -0.05) is 24.3 Å². The maximum Gasteiger partial charge on any atom is 0.131 e. The smallest absolute Gasteiger partial charge is 0.131 e. The average Bonchev–Trinajstić information content (AvgIpc) is 2.90. The van der Waals surface area contributed by atoms with Crippen molar-refractivity contribution in [1.29, 1.82) is 0 Å². The first-order valence-electron chi connectivity index (χ1n) is 6.46. The van der Waals surface area contributed by atoms with Gasteiger partial charge in [0.2, 0.25) is 0 Å². The summed E-state index contributed by atoms with van der Waals surface area (Å²) < 4.78 is 1.10. The molecule has 0 fully saturated rings. The molecule has 3 rings (SSSR count). The molecule has 3 nitrogen and oxygen atoms in total. The zero-order valence-corrected chi connectivity index (χ0v) is 12.3. The lowest BCUT2D eigenvalue weighted by atomic mass is 10.1. The molecule has 2 aromatic carbocycles. The molecule has 0 aliphatic heterocycles. The van der Waals surface area contributed by atoms with E-state index >= 15 is 0 Å². The summed E-state index contributed by atoms with van der Waals surface area (Å²) in [5.74, 6) is 0. The van der Waals surface area contributed by atoms with Gasteiger partial charge < -0.3 is 10.0 Å². The predicted octanol–water partition coefficient (Wildman–Crippen LogP) is 3.44. The molecule has 0 spiro atoms. The second-order valence-corrected chi connectivity index (χ2v) is 5.97. The van der Waals surface area contributed by atoms with Crippen LogP contribution in [-0.4, -0.2) is 24.2 Å². The SMILES string of the molecule is CN(C)c1ccc([C@@H](O)c2nc3ccccc3s2)cc1. The lowest BCUT2D eigenvalue weighted by Crippen LogP contribution is -2.08. The number of aliphatic hydroxyl groups excluding tert-OH is 1. The largest absolute Gasteiger partial charge is 0.381 e. The molecular weight excluding hydrogens is 268 g/mol. The Kier molecular flexibility index (Phi) is 3.42. The van der Waals surface area contributed by atoms with Gasteiger partial charge >= 0.3 is 0 Å². The van der Waals surface area contributed by atoms with Gasteiger partial charge in [0.25, 0.3) is 0 Å². The molecule has 4 heteroatoms. The van der Waals surface area contributed by atoms with Crippen LogP contribution in [0.4, 0.5) is 5.69 Å². The van der Waals surface area contributed by atoms with Crippen LogP contribution in [0.25, 0.3) is 10.2 Å². The molecule has 3 aromatic rings. The summed E-state index contributed by atoms with van der Waals surface area (Å²) in [5.41, 5.74) is 2.93. The van der Waals surface area contributed by atoms with Crippen molar-refractivity contribution >= 4 is 27.2 Å². The summed E-state index contributed by atoms with van der Waals surface area (Å²) in [7, 11) is 4.00. The second-order valence-electron chi connectivity index (χ2n) is 4.91. The van der Waals surface area contributed by atoms with Gasteiger partial charge in [-0.2, -0.15) is 0 Å². The molecular formula is C16H16N2OS. The fourth-order valence-corrected chi connectivity index (χ4v) is 3.09. The molecule has 0 amide bonds. The topological polar surface area (TPSA) is 36.4 Å². The van der Waals surface area contributed by atoms with E-state index in [2.05, 4.69) is 4.98 Å². The number of anilines is 1. The summed E-state index contributed by atoms with van der Waals surface area (Å²) in [6.07, 6.45) is -0.663. The van der Waals surface area contributed by atoms with Crippen molar-refractivity contribution in [2.75, 3.05) is 19.0 Å². The minimum Gasteiger partial charge on any atom is -0.381 e.